The number of rotatable bonds is 4. The third-order valence-corrected chi connectivity index (χ3v) is 9.23. The Morgan fingerprint density at radius 1 is 0.212 bits per heavy atom. The summed E-state index contributed by atoms with van der Waals surface area (Å²) in [7, 11) is 0. The zero-order valence-electron chi connectivity index (χ0n) is 26.2. The monoisotopic (exact) mass is 712 g/mol. The lowest BCUT2D eigenvalue weighted by Gasteiger charge is -2.26. The molecular formula is C42H18F10. The summed E-state index contributed by atoms with van der Waals surface area (Å²) in [5, 5.41) is -0.394. The summed E-state index contributed by atoms with van der Waals surface area (Å²) in [5.41, 5.74) is -2.90. The maximum Gasteiger partial charge on any atom is 0.200 e. The first-order valence-corrected chi connectivity index (χ1v) is 15.6. The summed E-state index contributed by atoms with van der Waals surface area (Å²) in [4.78, 5) is 0. The highest BCUT2D eigenvalue weighted by molar-refractivity contribution is 6.33. The molecule has 0 aliphatic heterocycles. The van der Waals surface area contributed by atoms with Crippen LogP contribution in [0, 0.1) is 58.2 Å². The van der Waals surface area contributed by atoms with Crippen LogP contribution in [0.25, 0.3) is 76.8 Å². The second kappa shape index (κ2) is 12.3. The van der Waals surface area contributed by atoms with Crippen molar-refractivity contribution in [2.75, 3.05) is 0 Å². The Morgan fingerprint density at radius 2 is 0.442 bits per heavy atom. The van der Waals surface area contributed by atoms with E-state index in [1.165, 1.54) is 24.3 Å². The molecule has 0 aliphatic rings. The van der Waals surface area contributed by atoms with Crippen LogP contribution in [0.15, 0.2) is 109 Å². The van der Waals surface area contributed by atoms with Crippen LogP contribution >= 0.6 is 0 Å². The predicted octanol–water partition coefficient (Wildman–Crippen LogP) is 13.2. The average Bonchev–Trinajstić information content (AvgIpc) is 3.18. The highest BCUT2D eigenvalue weighted by atomic mass is 19.2. The Hall–Kier alpha value is -6.16. The number of hydrogen-bond acceptors (Lipinski definition) is 0. The average molecular weight is 713 g/mol. The first kappa shape index (κ1) is 33.0. The molecule has 0 atom stereocenters. The maximum atomic E-state index is 16.1. The second-order valence-corrected chi connectivity index (χ2v) is 12.0. The minimum atomic E-state index is -2.41. The summed E-state index contributed by atoms with van der Waals surface area (Å²) in [6, 6.07) is 27.8. The van der Waals surface area contributed by atoms with Crippen molar-refractivity contribution in [3.8, 4) is 44.5 Å². The minimum absolute atomic E-state index is 0.126. The van der Waals surface area contributed by atoms with Gasteiger partial charge in [0, 0.05) is 21.9 Å². The molecule has 0 saturated heterocycles. The Bertz CT molecular complexity index is 2530. The van der Waals surface area contributed by atoms with E-state index in [2.05, 4.69) is 0 Å². The van der Waals surface area contributed by atoms with E-state index < -0.39 is 80.4 Å². The van der Waals surface area contributed by atoms with E-state index in [1.54, 1.807) is 84.9 Å². The highest BCUT2D eigenvalue weighted by Crippen LogP contribution is 2.55. The molecule has 0 unspecified atom stereocenters. The van der Waals surface area contributed by atoms with E-state index in [0.717, 1.165) is 0 Å². The van der Waals surface area contributed by atoms with Gasteiger partial charge in [-0.15, -0.1) is 0 Å². The topological polar surface area (TPSA) is 0 Å². The molecular weight excluding hydrogens is 694 g/mol. The molecule has 0 amide bonds. The van der Waals surface area contributed by atoms with Gasteiger partial charge in [0.15, 0.2) is 46.5 Å². The third kappa shape index (κ3) is 4.63. The lowest BCUT2D eigenvalue weighted by atomic mass is 9.77. The van der Waals surface area contributed by atoms with Gasteiger partial charge >= 0.3 is 0 Å². The summed E-state index contributed by atoms with van der Waals surface area (Å²) < 4.78 is 154. The van der Waals surface area contributed by atoms with Crippen molar-refractivity contribution in [2.45, 2.75) is 0 Å². The molecule has 52 heavy (non-hydrogen) atoms. The van der Waals surface area contributed by atoms with Crippen molar-refractivity contribution in [1.29, 1.82) is 0 Å². The maximum absolute atomic E-state index is 16.1. The third-order valence-electron chi connectivity index (χ3n) is 9.23. The van der Waals surface area contributed by atoms with Gasteiger partial charge in [0.2, 0.25) is 11.6 Å². The Kier molecular flexibility index (Phi) is 7.78. The Morgan fingerprint density at radius 3 is 0.731 bits per heavy atom. The molecule has 0 bridgehead atoms. The van der Waals surface area contributed by atoms with Crippen molar-refractivity contribution >= 4 is 32.3 Å². The van der Waals surface area contributed by atoms with Crippen LogP contribution in [-0.4, -0.2) is 0 Å². The van der Waals surface area contributed by atoms with E-state index >= 15 is 35.1 Å². The van der Waals surface area contributed by atoms with Crippen LogP contribution in [0.4, 0.5) is 43.9 Å². The number of benzene rings is 8. The summed E-state index contributed by atoms with van der Waals surface area (Å²) in [6.45, 7) is 0. The van der Waals surface area contributed by atoms with Gasteiger partial charge in [-0.3, -0.25) is 0 Å². The van der Waals surface area contributed by atoms with Crippen molar-refractivity contribution in [3.05, 3.63) is 167 Å². The molecule has 0 fully saturated rings. The van der Waals surface area contributed by atoms with Gasteiger partial charge in [-0.1, -0.05) is 109 Å². The fourth-order valence-electron chi connectivity index (χ4n) is 7.10. The zero-order valence-corrected chi connectivity index (χ0v) is 26.2. The van der Waals surface area contributed by atoms with Crippen LogP contribution in [0.3, 0.4) is 0 Å². The van der Waals surface area contributed by atoms with Crippen molar-refractivity contribution in [3.63, 3.8) is 0 Å². The van der Waals surface area contributed by atoms with Gasteiger partial charge < -0.3 is 0 Å². The van der Waals surface area contributed by atoms with Gasteiger partial charge in [-0.2, -0.15) is 0 Å². The van der Waals surface area contributed by atoms with Gasteiger partial charge in [0.1, 0.15) is 0 Å². The fraction of sp³-hybridized carbons (Fsp3) is 0. The van der Waals surface area contributed by atoms with Gasteiger partial charge in [0.05, 0.1) is 11.1 Å². The van der Waals surface area contributed by atoms with Crippen LogP contribution in [0.5, 0.6) is 0 Å². The van der Waals surface area contributed by atoms with Crippen molar-refractivity contribution < 1.29 is 43.9 Å². The Balaban J connectivity index is 1.83. The molecule has 0 radical (unpaired) electrons. The molecule has 0 N–H and O–H groups in total. The Labute approximate surface area is 287 Å². The molecule has 8 aromatic rings. The van der Waals surface area contributed by atoms with Crippen molar-refractivity contribution in [2.24, 2.45) is 0 Å². The van der Waals surface area contributed by atoms with Crippen molar-refractivity contribution in [1.82, 2.24) is 0 Å². The van der Waals surface area contributed by atoms with E-state index in [4.69, 9.17) is 0 Å². The van der Waals surface area contributed by atoms with E-state index in [1.807, 2.05) is 0 Å². The molecule has 0 aromatic heterocycles. The summed E-state index contributed by atoms with van der Waals surface area (Å²) >= 11 is 0. The quantitative estimate of drug-likeness (QED) is 0.0738. The van der Waals surface area contributed by atoms with E-state index in [9.17, 15) is 8.78 Å². The fourth-order valence-corrected chi connectivity index (χ4v) is 7.10. The van der Waals surface area contributed by atoms with Crippen LogP contribution in [0.2, 0.25) is 0 Å². The standard InChI is InChI=1S/C42H18F10/c43-33-31(34(44)38(48)41(51)37(33)47)27-23-17-9-10-18-24(23)28(32-35(45)39(49)42(52)40(50)36(32)46)30-26(20-13-5-2-6-14-20)22-16-8-7-15-21(22)25(29(27)30)19-11-3-1-4-12-19/h1-18H. The first-order valence-electron chi connectivity index (χ1n) is 15.6. The number of hydrogen-bond donors (Lipinski definition) is 0. The molecule has 0 saturated carbocycles. The highest BCUT2D eigenvalue weighted by Gasteiger charge is 2.35. The first-order chi connectivity index (χ1) is 25.0. The van der Waals surface area contributed by atoms with Gasteiger partial charge in [0.25, 0.3) is 0 Å². The molecule has 8 aromatic carbocycles. The molecule has 0 nitrogen and oxygen atoms in total. The summed E-state index contributed by atoms with van der Waals surface area (Å²) in [5.74, 6) is -22.6. The molecule has 0 heterocycles. The molecule has 0 aliphatic carbocycles. The van der Waals surface area contributed by atoms with Crippen LogP contribution in [-0.2, 0) is 0 Å². The van der Waals surface area contributed by atoms with E-state index in [-0.39, 0.29) is 32.7 Å². The van der Waals surface area contributed by atoms with Gasteiger partial charge in [-0.25, -0.2) is 43.9 Å². The molecule has 8 rings (SSSR count). The lowest BCUT2D eigenvalue weighted by Crippen LogP contribution is -2.08. The zero-order chi connectivity index (χ0) is 36.6. The SMILES string of the molecule is Fc1c(F)c(F)c(-c2c3ccccc3c(-c3c(F)c(F)c(F)c(F)c3F)c3c(-c4ccccc4)c4ccccc4c(-c4ccccc4)c23)c(F)c1F. The smallest absolute Gasteiger partial charge is 0.200 e. The number of fused-ring (bicyclic) bond motifs is 3. The number of halogens is 10. The predicted molar refractivity (Wildman–Crippen MR) is 180 cm³/mol. The van der Waals surface area contributed by atoms with Gasteiger partial charge in [-0.05, 0) is 43.8 Å². The second-order valence-electron chi connectivity index (χ2n) is 12.0. The summed E-state index contributed by atoms with van der Waals surface area (Å²) in [6.07, 6.45) is 0. The van der Waals surface area contributed by atoms with Crippen LogP contribution in [0.1, 0.15) is 0 Å². The molecule has 256 valence electrons. The minimum Gasteiger partial charge on any atom is -0.203 e. The largest absolute Gasteiger partial charge is 0.203 e. The van der Waals surface area contributed by atoms with E-state index in [0.29, 0.717) is 21.9 Å². The lowest BCUT2D eigenvalue weighted by molar-refractivity contribution is 0.381. The normalized spacial score (nSPS) is 11.7. The molecule has 10 heteroatoms. The molecule has 0 spiro atoms. The van der Waals surface area contributed by atoms with Crippen LogP contribution < -0.4 is 0 Å².